The van der Waals surface area contributed by atoms with E-state index in [0.29, 0.717) is 5.75 Å². The molecule has 0 aromatic heterocycles. The van der Waals surface area contributed by atoms with E-state index in [1.165, 1.54) is 12.1 Å². The molecule has 0 aliphatic heterocycles. The third kappa shape index (κ3) is 4.22. The van der Waals surface area contributed by atoms with Crippen LogP contribution in [0.4, 0.5) is 0 Å². The number of esters is 1. The highest BCUT2D eigenvalue weighted by Crippen LogP contribution is 2.27. The van der Waals surface area contributed by atoms with Gasteiger partial charge in [-0.25, -0.2) is 13.2 Å². The van der Waals surface area contributed by atoms with Crippen LogP contribution in [-0.2, 0) is 14.6 Å². The first-order chi connectivity index (χ1) is 10.3. The Morgan fingerprint density at radius 2 is 1.86 bits per heavy atom. The van der Waals surface area contributed by atoms with E-state index < -0.39 is 15.8 Å². The van der Waals surface area contributed by atoms with E-state index in [0.717, 1.165) is 31.9 Å². The highest BCUT2D eigenvalue weighted by molar-refractivity contribution is 7.90. The van der Waals surface area contributed by atoms with E-state index in [1.807, 2.05) is 0 Å². The van der Waals surface area contributed by atoms with Crippen LogP contribution in [0.15, 0.2) is 23.1 Å². The molecule has 1 aromatic rings. The Bertz CT molecular complexity index is 643. The first-order valence-corrected chi connectivity index (χ1v) is 9.38. The van der Waals surface area contributed by atoms with Crippen molar-refractivity contribution < 1.29 is 22.7 Å². The van der Waals surface area contributed by atoms with Crippen LogP contribution in [0.25, 0.3) is 0 Å². The maximum absolute atomic E-state index is 12.2. The van der Waals surface area contributed by atoms with Gasteiger partial charge in [0.25, 0.3) is 0 Å². The molecule has 0 heterocycles. The smallest absolute Gasteiger partial charge is 0.339 e. The lowest BCUT2D eigenvalue weighted by Gasteiger charge is -2.16. The summed E-state index contributed by atoms with van der Waals surface area (Å²) < 4.78 is 34.7. The molecule has 5 nitrogen and oxygen atoms in total. The number of hydrogen-bond donors (Lipinski definition) is 0. The van der Waals surface area contributed by atoms with Gasteiger partial charge in [-0.15, -0.1) is 0 Å². The molecule has 1 aliphatic rings. The lowest BCUT2D eigenvalue weighted by Crippen LogP contribution is -2.16. The van der Waals surface area contributed by atoms with E-state index in [2.05, 4.69) is 0 Å². The summed E-state index contributed by atoms with van der Waals surface area (Å²) in [5, 5.41) is 0. The summed E-state index contributed by atoms with van der Waals surface area (Å²) in [5.41, 5.74) is 0.0340. The van der Waals surface area contributed by atoms with Crippen molar-refractivity contribution in [3.05, 3.63) is 23.8 Å². The summed E-state index contributed by atoms with van der Waals surface area (Å²) in [6.45, 7) is 3.44. The van der Waals surface area contributed by atoms with Crippen molar-refractivity contribution in [2.45, 2.75) is 56.6 Å². The third-order valence-corrected chi connectivity index (χ3v) is 4.67. The van der Waals surface area contributed by atoms with Crippen molar-refractivity contribution >= 4 is 15.8 Å². The van der Waals surface area contributed by atoms with Gasteiger partial charge in [-0.3, -0.25) is 0 Å². The van der Waals surface area contributed by atoms with Gasteiger partial charge >= 0.3 is 5.97 Å². The van der Waals surface area contributed by atoms with Crippen LogP contribution in [-0.4, -0.2) is 32.9 Å². The van der Waals surface area contributed by atoms with Gasteiger partial charge in [-0.2, -0.15) is 0 Å². The Hall–Kier alpha value is -1.56. The largest absolute Gasteiger partial charge is 0.490 e. The Morgan fingerprint density at radius 3 is 2.41 bits per heavy atom. The fourth-order valence-corrected chi connectivity index (χ4v) is 3.40. The zero-order valence-electron chi connectivity index (χ0n) is 13.2. The van der Waals surface area contributed by atoms with Gasteiger partial charge in [-0.1, -0.05) is 0 Å². The summed E-state index contributed by atoms with van der Waals surface area (Å²) in [5.74, 6) is -0.137. The van der Waals surface area contributed by atoms with Crippen molar-refractivity contribution in [1.29, 1.82) is 0 Å². The van der Waals surface area contributed by atoms with Crippen molar-refractivity contribution in [3.8, 4) is 5.75 Å². The average molecular weight is 326 g/mol. The van der Waals surface area contributed by atoms with E-state index in [-0.39, 0.29) is 22.7 Å². The minimum atomic E-state index is -3.51. The molecule has 1 aromatic carbocycles. The molecule has 0 N–H and O–H groups in total. The molecule has 122 valence electrons. The van der Waals surface area contributed by atoms with Gasteiger partial charge in [0.05, 0.1) is 22.7 Å². The van der Waals surface area contributed by atoms with Crippen LogP contribution in [0.1, 0.15) is 49.9 Å². The Balaban J connectivity index is 2.34. The number of hydrogen-bond acceptors (Lipinski definition) is 5. The Morgan fingerprint density at radius 1 is 1.23 bits per heavy atom. The molecule has 22 heavy (non-hydrogen) atoms. The fraction of sp³-hybridized carbons (Fsp3) is 0.562. The molecular formula is C16H22O5S. The third-order valence-electron chi connectivity index (χ3n) is 3.52. The van der Waals surface area contributed by atoms with Crippen LogP contribution >= 0.6 is 0 Å². The summed E-state index contributed by atoms with van der Waals surface area (Å²) >= 11 is 0. The number of carbonyl (C=O) groups is 1. The second-order valence-corrected chi connectivity index (χ2v) is 7.89. The predicted molar refractivity (Wildman–Crippen MR) is 83.0 cm³/mol. The second-order valence-electron chi connectivity index (χ2n) is 5.91. The fourth-order valence-electron chi connectivity index (χ4n) is 2.54. The number of carbonyl (C=O) groups excluding carboxylic acids is 1. The maximum atomic E-state index is 12.2. The molecule has 1 aliphatic carbocycles. The van der Waals surface area contributed by atoms with Crippen LogP contribution in [0.5, 0.6) is 5.75 Å². The quantitative estimate of drug-likeness (QED) is 0.778. The summed E-state index contributed by atoms with van der Waals surface area (Å²) in [7, 11) is -3.51. The first-order valence-electron chi connectivity index (χ1n) is 7.49. The predicted octanol–water partition coefficient (Wildman–Crippen LogP) is 2.98. The zero-order valence-corrected chi connectivity index (χ0v) is 14.0. The number of rotatable bonds is 5. The molecule has 0 spiro atoms. The highest BCUT2D eigenvalue weighted by Gasteiger charge is 2.23. The second kappa shape index (κ2) is 6.69. The summed E-state index contributed by atoms with van der Waals surface area (Å²) in [6, 6.07) is 4.48. The first kappa shape index (κ1) is 16.8. The van der Waals surface area contributed by atoms with Crippen LogP contribution in [0.2, 0.25) is 0 Å². The standard InChI is InChI=1S/C16H22O5S/c1-11(2)20-16(17)14-10-13(21-12-6-4-5-7-12)8-9-15(14)22(3,18)19/h8-12H,4-7H2,1-3H3. The van der Waals surface area contributed by atoms with Crippen LogP contribution < -0.4 is 4.74 Å². The highest BCUT2D eigenvalue weighted by atomic mass is 32.2. The van der Waals surface area contributed by atoms with E-state index in [9.17, 15) is 13.2 Å². The molecule has 0 saturated heterocycles. The maximum Gasteiger partial charge on any atom is 0.339 e. The molecule has 0 amide bonds. The molecule has 6 heteroatoms. The number of ether oxygens (including phenoxy) is 2. The van der Waals surface area contributed by atoms with Gasteiger partial charge < -0.3 is 9.47 Å². The Kier molecular flexibility index (Phi) is 5.11. The van der Waals surface area contributed by atoms with E-state index in [1.54, 1.807) is 19.9 Å². The van der Waals surface area contributed by atoms with E-state index >= 15 is 0 Å². The van der Waals surface area contributed by atoms with E-state index in [4.69, 9.17) is 9.47 Å². The zero-order chi connectivity index (χ0) is 16.3. The van der Waals surface area contributed by atoms with Gasteiger partial charge in [0, 0.05) is 6.26 Å². The lowest BCUT2D eigenvalue weighted by molar-refractivity contribution is 0.0372. The van der Waals surface area contributed by atoms with Crippen LogP contribution in [0, 0.1) is 0 Å². The van der Waals surface area contributed by atoms with Crippen molar-refractivity contribution in [3.63, 3.8) is 0 Å². The molecule has 0 radical (unpaired) electrons. The van der Waals surface area contributed by atoms with Crippen LogP contribution in [0.3, 0.4) is 0 Å². The minimum absolute atomic E-state index is 0.0306. The summed E-state index contributed by atoms with van der Waals surface area (Å²) in [4.78, 5) is 12.1. The van der Waals surface area contributed by atoms with Gasteiger partial charge in [-0.05, 0) is 57.7 Å². The van der Waals surface area contributed by atoms with Gasteiger partial charge in [0.15, 0.2) is 9.84 Å². The lowest BCUT2D eigenvalue weighted by atomic mass is 10.2. The monoisotopic (exact) mass is 326 g/mol. The Labute approximate surface area is 131 Å². The van der Waals surface area contributed by atoms with Crippen molar-refractivity contribution in [1.82, 2.24) is 0 Å². The average Bonchev–Trinajstić information content (AvgIpc) is 2.89. The normalized spacial score (nSPS) is 16.0. The molecule has 0 atom stereocenters. The van der Waals surface area contributed by atoms with Gasteiger partial charge in [0.1, 0.15) is 5.75 Å². The molecular weight excluding hydrogens is 304 g/mol. The number of sulfone groups is 1. The molecule has 0 unspecified atom stereocenters. The summed E-state index contributed by atoms with van der Waals surface area (Å²) in [6.07, 6.45) is 5.13. The molecule has 1 fully saturated rings. The topological polar surface area (TPSA) is 69.7 Å². The van der Waals surface area contributed by atoms with Crippen molar-refractivity contribution in [2.75, 3.05) is 6.26 Å². The molecule has 1 saturated carbocycles. The minimum Gasteiger partial charge on any atom is -0.490 e. The number of benzene rings is 1. The SMILES string of the molecule is CC(C)OC(=O)c1cc(OC2CCCC2)ccc1S(C)(=O)=O. The molecule has 2 rings (SSSR count). The van der Waals surface area contributed by atoms with Gasteiger partial charge in [0.2, 0.25) is 0 Å². The van der Waals surface area contributed by atoms with Crippen molar-refractivity contribution in [2.24, 2.45) is 0 Å². The molecule has 0 bridgehead atoms.